The van der Waals surface area contributed by atoms with Gasteiger partial charge in [0.05, 0.1) is 10.9 Å². The lowest BCUT2D eigenvalue weighted by Gasteiger charge is -2.36. The molecule has 5 heterocycles. The zero-order valence-corrected chi connectivity index (χ0v) is 26.1. The van der Waals surface area contributed by atoms with Gasteiger partial charge in [0.25, 0.3) is 0 Å². The number of para-hydroxylation sites is 3. The molecule has 1 aliphatic carbocycles. The van der Waals surface area contributed by atoms with E-state index in [-0.39, 0.29) is 17.7 Å². The lowest BCUT2D eigenvalue weighted by atomic mass is 9.45. The molecule has 4 heteroatoms. The van der Waals surface area contributed by atoms with Crippen LogP contribution in [0.3, 0.4) is 0 Å². The molecule has 0 amide bonds. The minimum absolute atomic E-state index is 0.00376. The summed E-state index contributed by atoms with van der Waals surface area (Å²) in [6.45, 7) is 11.9. The van der Waals surface area contributed by atoms with Crippen molar-refractivity contribution in [2.45, 2.75) is 45.4 Å². The van der Waals surface area contributed by atoms with Crippen molar-refractivity contribution in [2.24, 2.45) is 0 Å². The molecular weight excluding hydrogens is 547 g/mol. The standard InChI is InChI=1S/C41H31BN2O/c1-40(2,3)22-20-28-23-14-10-15-27-34-25-13-7-9-19-32(25)45-39(34)44(36(23)27)42-30-18-11-16-26-33-24-12-6-8-17-29(24)41(4,5)38(33)43(37(26)30)31(21-22)35(28)42/h6-21H,1-5H3. The molecule has 3 aromatic heterocycles. The first kappa shape index (κ1) is 24.4. The van der Waals surface area contributed by atoms with Crippen LogP contribution in [-0.4, -0.2) is 15.9 Å². The first-order chi connectivity index (χ1) is 21.7. The number of nitrogens with zero attached hydrogens (tertiary/aromatic N) is 2. The van der Waals surface area contributed by atoms with E-state index in [0.29, 0.717) is 0 Å². The average molecular weight is 579 g/mol. The SMILES string of the molecule is CC(C)(C)c1cc2c3c(c1)-n1c4c(c5cccc(c51)B3n1c3oc5ccccc5c3c3cccc-2c31)-c1ccccc1C4(C)C. The molecule has 0 saturated heterocycles. The highest BCUT2D eigenvalue weighted by atomic mass is 16.3. The molecule has 214 valence electrons. The third-order valence-corrected chi connectivity index (χ3v) is 11.2. The highest BCUT2D eigenvalue weighted by Crippen LogP contribution is 2.55. The lowest BCUT2D eigenvalue weighted by molar-refractivity contribution is 0.589. The Bertz CT molecular complexity index is 2670. The molecule has 0 unspecified atom stereocenters. The summed E-state index contributed by atoms with van der Waals surface area (Å²) >= 11 is 0. The summed E-state index contributed by atoms with van der Waals surface area (Å²) in [7, 11) is 0. The zero-order valence-electron chi connectivity index (χ0n) is 26.1. The maximum Gasteiger partial charge on any atom is 0.336 e. The van der Waals surface area contributed by atoms with Gasteiger partial charge in [-0.3, -0.25) is 0 Å². The Morgan fingerprint density at radius 2 is 1.44 bits per heavy atom. The Hall–Kier alpha value is -4.96. The van der Waals surface area contributed by atoms with Crippen molar-refractivity contribution in [1.29, 1.82) is 0 Å². The van der Waals surface area contributed by atoms with Gasteiger partial charge >= 0.3 is 6.85 Å². The Labute approximate surface area is 261 Å². The number of rotatable bonds is 0. The molecular formula is C41H31BN2O. The first-order valence-electron chi connectivity index (χ1n) is 16.2. The van der Waals surface area contributed by atoms with Crippen molar-refractivity contribution in [3.8, 4) is 27.9 Å². The van der Waals surface area contributed by atoms with E-state index in [0.717, 1.165) is 11.3 Å². The second-order valence-electron chi connectivity index (χ2n) is 14.9. The number of hydrogen-bond acceptors (Lipinski definition) is 1. The monoisotopic (exact) mass is 578 g/mol. The van der Waals surface area contributed by atoms with E-state index < -0.39 is 0 Å². The molecule has 5 aromatic carbocycles. The highest BCUT2D eigenvalue weighted by molar-refractivity contribution is 6.90. The fourth-order valence-electron chi connectivity index (χ4n) is 9.29. The Balaban J connectivity index is 1.40. The largest absolute Gasteiger partial charge is 0.441 e. The van der Waals surface area contributed by atoms with E-state index >= 15 is 0 Å². The number of fused-ring (bicyclic) bond motifs is 14. The minimum atomic E-state index is -0.140. The van der Waals surface area contributed by atoms with E-state index in [9.17, 15) is 0 Å². The number of furan rings is 1. The Morgan fingerprint density at radius 3 is 2.31 bits per heavy atom. The second-order valence-corrected chi connectivity index (χ2v) is 14.9. The predicted octanol–water partition coefficient (Wildman–Crippen LogP) is 9.04. The van der Waals surface area contributed by atoms with Crippen LogP contribution in [0.25, 0.3) is 71.8 Å². The van der Waals surface area contributed by atoms with E-state index in [4.69, 9.17) is 4.42 Å². The number of aromatic nitrogens is 2. The smallest absolute Gasteiger partial charge is 0.336 e. The molecule has 3 aliphatic rings. The summed E-state index contributed by atoms with van der Waals surface area (Å²) < 4.78 is 12.0. The number of benzene rings is 5. The fourth-order valence-corrected chi connectivity index (χ4v) is 9.29. The lowest BCUT2D eigenvalue weighted by Crippen LogP contribution is -2.55. The van der Waals surface area contributed by atoms with Crippen LogP contribution in [0.1, 0.15) is 51.4 Å². The van der Waals surface area contributed by atoms with Crippen LogP contribution in [0.2, 0.25) is 0 Å². The van der Waals surface area contributed by atoms with Crippen molar-refractivity contribution in [3.05, 3.63) is 114 Å². The first-order valence-corrected chi connectivity index (χ1v) is 16.2. The maximum atomic E-state index is 6.82. The summed E-state index contributed by atoms with van der Waals surface area (Å²) in [6, 6.07) is 36.4. The van der Waals surface area contributed by atoms with Crippen LogP contribution in [-0.2, 0) is 10.8 Å². The molecule has 2 aliphatic heterocycles. The number of hydrogen-bond donors (Lipinski definition) is 0. The molecule has 45 heavy (non-hydrogen) atoms. The van der Waals surface area contributed by atoms with Gasteiger partial charge in [0.15, 0.2) is 5.71 Å². The molecule has 0 bridgehead atoms. The van der Waals surface area contributed by atoms with E-state index in [1.807, 2.05) is 0 Å². The highest BCUT2D eigenvalue weighted by Gasteiger charge is 2.47. The molecule has 8 aromatic rings. The molecule has 0 fully saturated rings. The molecule has 11 rings (SSSR count). The molecule has 0 radical (unpaired) electrons. The summed E-state index contributed by atoms with van der Waals surface area (Å²) in [5.74, 6) is 0. The van der Waals surface area contributed by atoms with Gasteiger partial charge in [-0.25, -0.2) is 0 Å². The Kier molecular flexibility index (Phi) is 4.04. The third-order valence-electron chi connectivity index (χ3n) is 11.2. The quantitative estimate of drug-likeness (QED) is 0.165. The van der Waals surface area contributed by atoms with Crippen molar-refractivity contribution in [2.75, 3.05) is 0 Å². The summed E-state index contributed by atoms with van der Waals surface area (Å²) in [6.07, 6.45) is 0. The van der Waals surface area contributed by atoms with Crippen LogP contribution in [0.15, 0.2) is 101 Å². The van der Waals surface area contributed by atoms with Gasteiger partial charge in [-0.05, 0) is 50.7 Å². The van der Waals surface area contributed by atoms with Crippen molar-refractivity contribution >= 4 is 61.6 Å². The maximum absolute atomic E-state index is 6.82. The molecule has 0 atom stereocenters. The minimum Gasteiger partial charge on any atom is -0.441 e. The van der Waals surface area contributed by atoms with Crippen LogP contribution >= 0.6 is 0 Å². The van der Waals surface area contributed by atoms with Crippen LogP contribution in [0.4, 0.5) is 0 Å². The zero-order chi connectivity index (χ0) is 30.1. The van der Waals surface area contributed by atoms with Crippen molar-refractivity contribution in [1.82, 2.24) is 9.05 Å². The van der Waals surface area contributed by atoms with Crippen LogP contribution < -0.4 is 10.9 Å². The summed E-state index contributed by atoms with van der Waals surface area (Å²) in [5.41, 5.74) is 18.0. The fraction of sp³-hybridized carbons (Fsp3) is 0.171. The van der Waals surface area contributed by atoms with Gasteiger partial charge in [-0.15, -0.1) is 0 Å². The normalized spacial score (nSPS) is 15.4. The van der Waals surface area contributed by atoms with Gasteiger partial charge < -0.3 is 13.5 Å². The summed E-state index contributed by atoms with van der Waals surface area (Å²) in [5, 5.41) is 5.02. The molecule has 0 spiro atoms. The summed E-state index contributed by atoms with van der Waals surface area (Å²) in [4.78, 5) is 0. The van der Waals surface area contributed by atoms with E-state index in [1.54, 1.807) is 0 Å². The van der Waals surface area contributed by atoms with Crippen molar-refractivity contribution < 1.29 is 4.42 Å². The molecule has 3 nitrogen and oxygen atoms in total. The van der Waals surface area contributed by atoms with E-state index in [2.05, 4.69) is 141 Å². The topological polar surface area (TPSA) is 23.0 Å². The predicted molar refractivity (Wildman–Crippen MR) is 188 cm³/mol. The molecule has 0 N–H and O–H groups in total. The van der Waals surface area contributed by atoms with Gasteiger partial charge in [0, 0.05) is 49.6 Å². The van der Waals surface area contributed by atoms with Gasteiger partial charge in [0.2, 0.25) is 0 Å². The van der Waals surface area contributed by atoms with Crippen LogP contribution in [0.5, 0.6) is 0 Å². The van der Waals surface area contributed by atoms with Gasteiger partial charge in [0.1, 0.15) is 5.58 Å². The Morgan fingerprint density at radius 1 is 0.711 bits per heavy atom. The second kappa shape index (κ2) is 7.46. The molecule has 0 saturated carbocycles. The van der Waals surface area contributed by atoms with Gasteiger partial charge in [-0.1, -0.05) is 120 Å². The van der Waals surface area contributed by atoms with Crippen LogP contribution in [0, 0.1) is 0 Å². The van der Waals surface area contributed by atoms with Gasteiger partial charge in [-0.2, -0.15) is 0 Å². The third kappa shape index (κ3) is 2.62. The van der Waals surface area contributed by atoms with E-state index in [1.165, 1.54) is 88.3 Å². The average Bonchev–Trinajstić information content (AvgIpc) is 3.74. The van der Waals surface area contributed by atoms with Crippen molar-refractivity contribution in [3.63, 3.8) is 0 Å².